The molecule has 0 amide bonds. The van der Waals surface area contributed by atoms with Crippen LogP contribution in [-0.2, 0) is 0 Å². The van der Waals surface area contributed by atoms with Crippen LogP contribution >= 0.6 is 66.4 Å². The predicted octanol–water partition coefficient (Wildman–Crippen LogP) is 6.07. The summed E-state index contributed by atoms with van der Waals surface area (Å²) in [4.78, 5) is 12.9. The zero-order chi connectivity index (χ0) is 14.9. The molecule has 0 saturated carbocycles. The van der Waals surface area contributed by atoms with Crippen molar-refractivity contribution in [2.45, 2.75) is 5.92 Å². The van der Waals surface area contributed by atoms with Gasteiger partial charge >= 0.3 is 0 Å². The number of hydrogen-bond acceptors (Lipinski definition) is 3. The van der Waals surface area contributed by atoms with Gasteiger partial charge in [-0.1, -0.05) is 29.3 Å². The first-order valence-corrected chi connectivity index (χ1v) is 8.44. The van der Waals surface area contributed by atoms with Gasteiger partial charge in [-0.3, -0.25) is 4.79 Å². The van der Waals surface area contributed by atoms with E-state index in [9.17, 15) is 10.1 Å². The molecule has 0 aliphatic carbocycles. The number of carbonyl (C=O) groups is 1. The summed E-state index contributed by atoms with van der Waals surface area (Å²) in [6.07, 6.45) is 0. The Morgan fingerprint density at radius 3 is 2.35 bits per heavy atom. The van der Waals surface area contributed by atoms with E-state index in [0.717, 1.165) is 8.26 Å². The molecule has 0 N–H and O–H groups in total. The van der Waals surface area contributed by atoms with Crippen LogP contribution in [0.4, 0.5) is 0 Å². The molecular formula is C13H5Br2Cl2NOS. The number of rotatable bonds is 3. The topological polar surface area (TPSA) is 40.9 Å². The third-order valence-corrected chi connectivity index (χ3v) is 6.50. The van der Waals surface area contributed by atoms with E-state index in [0.29, 0.717) is 20.5 Å². The van der Waals surface area contributed by atoms with E-state index >= 15 is 0 Å². The lowest BCUT2D eigenvalue weighted by Crippen LogP contribution is -2.11. The molecule has 2 rings (SSSR count). The fourth-order valence-corrected chi connectivity index (χ4v) is 4.27. The monoisotopic (exact) mass is 451 g/mol. The van der Waals surface area contributed by atoms with Crippen LogP contribution in [0.5, 0.6) is 0 Å². The lowest BCUT2D eigenvalue weighted by Gasteiger charge is -2.11. The lowest BCUT2D eigenvalue weighted by molar-refractivity contribution is 0.0983. The third-order valence-electron chi connectivity index (χ3n) is 2.57. The van der Waals surface area contributed by atoms with Crippen LogP contribution in [-0.4, -0.2) is 5.78 Å². The predicted molar refractivity (Wildman–Crippen MR) is 88.9 cm³/mol. The lowest BCUT2D eigenvalue weighted by atomic mass is 9.95. The second-order valence-electron chi connectivity index (χ2n) is 3.79. The second kappa shape index (κ2) is 6.59. The molecule has 0 spiro atoms. The molecule has 1 heterocycles. The van der Waals surface area contributed by atoms with Crippen LogP contribution in [0, 0.1) is 11.3 Å². The summed E-state index contributed by atoms with van der Waals surface area (Å²) < 4.78 is 1.57. The van der Waals surface area contributed by atoms with Crippen molar-refractivity contribution in [3.8, 4) is 6.07 Å². The van der Waals surface area contributed by atoms with Crippen molar-refractivity contribution in [3.05, 3.63) is 53.0 Å². The summed E-state index contributed by atoms with van der Waals surface area (Å²) in [5.74, 6) is -1.34. The number of ketones is 1. The van der Waals surface area contributed by atoms with Crippen LogP contribution in [0.15, 0.2) is 32.5 Å². The maximum Gasteiger partial charge on any atom is 0.194 e. The molecular weight excluding hydrogens is 449 g/mol. The van der Waals surface area contributed by atoms with Gasteiger partial charge in [-0.25, -0.2) is 0 Å². The number of benzene rings is 1. The van der Waals surface area contributed by atoms with Gasteiger partial charge in [0.2, 0.25) is 0 Å². The fourth-order valence-electron chi connectivity index (χ4n) is 1.65. The van der Waals surface area contributed by atoms with Crippen molar-refractivity contribution in [1.82, 2.24) is 0 Å². The number of thiophene rings is 1. The van der Waals surface area contributed by atoms with Crippen molar-refractivity contribution < 1.29 is 4.79 Å². The first-order chi connectivity index (χ1) is 9.45. The molecule has 1 aromatic heterocycles. The Hall–Kier alpha value is -0.380. The number of halogens is 4. The summed E-state index contributed by atoms with van der Waals surface area (Å²) in [5.41, 5.74) is 0.351. The molecule has 7 heteroatoms. The molecule has 1 unspecified atom stereocenters. The highest BCUT2D eigenvalue weighted by atomic mass is 79.9. The number of Topliss-reactive ketones (excluding diaryl/α,β-unsaturated/α-hetero) is 1. The average Bonchev–Trinajstić information content (AvgIpc) is 2.73. The highest BCUT2D eigenvalue weighted by Gasteiger charge is 2.27. The van der Waals surface area contributed by atoms with E-state index in [1.54, 1.807) is 24.3 Å². The van der Waals surface area contributed by atoms with Gasteiger partial charge in [0, 0.05) is 20.1 Å². The van der Waals surface area contributed by atoms with Gasteiger partial charge in [-0.2, -0.15) is 5.26 Å². The van der Waals surface area contributed by atoms with Crippen molar-refractivity contribution in [3.63, 3.8) is 0 Å². The Labute approximate surface area is 146 Å². The minimum atomic E-state index is -1.02. The van der Waals surface area contributed by atoms with Gasteiger partial charge in [-0.05, 0) is 50.1 Å². The van der Waals surface area contributed by atoms with Gasteiger partial charge in [0.1, 0.15) is 5.92 Å². The van der Waals surface area contributed by atoms with Crippen molar-refractivity contribution >= 4 is 72.2 Å². The highest BCUT2D eigenvalue weighted by molar-refractivity contribution is 9.13. The van der Waals surface area contributed by atoms with E-state index in [2.05, 4.69) is 31.9 Å². The first kappa shape index (κ1) is 16.0. The van der Waals surface area contributed by atoms with Gasteiger partial charge in [0.05, 0.1) is 14.7 Å². The molecule has 1 aromatic carbocycles. The maximum absolute atomic E-state index is 12.5. The minimum Gasteiger partial charge on any atom is -0.291 e. The molecule has 0 saturated heterocycles. The Morgan fingerprint density at radius 2 is 1.90 bits per heavy atom. The molecule has 2 nitrogen and oxygen atoms in total. The molecule has 0 fully saturated rings. The van der Waals surface area contributed by atoms with E-state index in [-0.39, 0.29) is 5.78 Å². The number of nitrogens with zero attached hydrogens (tertiary/aromatic N) is 1. The summed E-state index contributed by atoms with van der Waals surface area (Å²) in [5, 5.41) is 9.95. The van der Waals surface area contributed by atoms with Crippen LogP contribution in [0.2, 0.25) is 10.0 Å². The molecule has 0 radical (unpaired) electrons. The van der Waals surface area contributed by atoms with Crippen LogP contribution in [0.1, 0.15) is 21.2 Å². The largest absolute Gasteiger partial charge is 0.291 e. The molecule has 0 aliphatic heterocycles. The van der Waals surface area contributed by atoms with Gasteiger partial charge in [0.15, 0.2) is 5.78 Å². The van der Waals surface area contributed by atoms with Crippen molar-refractivity contribution in [1.29, 1.82) is 5.26 Å². The minimum absolute atomic E-state index is 0.312. The summed E-state index contributed by atoms with van der Waals surface area (Å²) in [6.45, 7) is 0. The van der Waals surface area contributed by atoms with Gasteiger partial charge in [0.25, 0.3) is 0 Å². The summed E-state index contributed by atoms with van der Waals surface area (Å²) in [7, 11) is 0. The third kappa shape index (κ3) is 3.10. The molecule has 2 aromatic rings. The van der Waals surface area contributed by atoms with Crippen molar-refractivity contribution in [2.24, 2.45) is 0 Å². The zero-order valence-electron chi connectivity index (χ0n) is 9.66. The normalized spacial score (nSPS) is 11.9. The van der Waals surface area contributed by atoms with Crippen LogP contribution in [0.25, 0.3) is 0 Å². The van der Waals surface area contributed by atoms with E-state index in [4.69, 9.17) is 23.2 Å². The molecule has 1 atom stereocenters. The summed E-state index contributed by atoms with van der Waals surface area (Å²) >= 11 is 20.0. The van der Waals surface area contributed by atoms with E-state index in [1.165, 1.54) is 11.3 Å². The van der Waals surface area contributed by atoms with E-state index < -0.39 is 5.92 Å². The van der Waals surface area contributed by atoms with Crippen LogP contribution < -0.4 is 0 Å². The molecule has 20 heavy (non-hydrogen) atoms. The SMILES string of the molecule is N#CC(C(=O)c1cc(Br)c(Br)s1)c1c(Cl)cccc1Cl. The van der Waals surface area contributed by atoms with Gasteiger partial charge in [-0.15, -0.1) is 11.3 Å². The number of hydrogen-bond donors (Lipinski definition) is 0. The molecule has 102 valence electrons. The van der Waals surface area contributed by atoms with Gasteiger partial charge < -0.3 is 0 Å². The Kier molecular flexibility index (Phi) is 5.27. The summed E-state index contributed by atoms with van der Waals surface area (Å²) in [6, 6.07) is 8.55. The first-order valence-electron chi connectivity index (χ1n) is 5.28. The zero-order valence-corrected chi connectivity index (χ0v) is 15.2. The Morgan fingerprint density at radius 1 is 1.30 bits per heavy atom. The fraction of sp³-hybridized carbons (Fsp3) is 0.0769. The number of nitriles is 1. The van der Waals surface area contributed by atoms with Crippen molar-refractivity contribution in [2.75, 3.05) is 0 Å². The average molecular weight is 454 g/mol. The smallest absolute Gasteiger partial charge is 0.194 e. The molecule has 0 aliphatic rings. The Bertz CT molecular complexity index is 684. The maximum atomic E-state index is 12.5. The van der Waals surface area contributed by atoms with E-state index in [1.807, 2.05) is 6.07 Å². The Balaban J connectivity index is 2.48. The number of carbonyl (C=O) groups excluding carboxylic acids is 1. The highest BCUT2D eigenvalue weighted by Crippen LogP contribution is 2.38. The van der Waals surface area contributed by atoms with Crippen LogP contribution in [0.3, 0.4) is 0 Å². The molecule has 0 bridgehead atoms. The quantitative estimate of drug-likeness (QED) is 0.529. The second-order valence-corrected chi connectivity index (χ2v) is 7.83. The standard InChI is InChI=1S/C13H5Br2Cl2NOS/c14-7-4-10(20-13(7)15)12(19)6(5-18)11-8(16)2-1-3-9(11)17/h1-4,6H.